The van der Waals surface area contributed by atoms with E-state index >= 15 is 0 Å². The highest BCUT2D eigenvalue weighted by molar-refractivity contribution is 5.92. The van der Waals surface area contributed by atoms with E-state index in [1.807, 2.05) is 31.2 Å². The maximum Gasteiger partial charge on any atom is 0.238 e. The van der Waals surface area contributed by atoms with E-state index in [1.54, 1.807) is 50.3 Å². The number of hydrogen-bond donors (Lipinski definition) is 1. The molecule has 26 heavy (non-hydrogen) atoms. The van der Waals surface area contributed by atoms with Gasteiger partial charge in [-0.25, -0.2) is 0 Å². The molecule has 0 atom stereocenters. The minimum atomic E-state index is -0.175. The van der Waals surface area contributed by atoms with Gasteiger partial charge in [0.05, 0.1) is 13.1 Å². The van der Waals surface area contributed by atoms with Crippen molar-refractivity contribution in [1.82, 2.24) is 9.80 Å². The maximum atomic E-state index is 12.1. The van der Waals surface area contributed by atoms with Crippen LogP contribution >= 0.6 is 0 Å². The van der Waals surface area contributed by atoms with Crippen molar-refractivity contribution < 1.29 is 14.3 Å². The third-order valence-corrected chi connectivity index (χ3v) is 3.71. The number of ether oxygens (including phenoxy) is 1. The minimum Gasteiger partial charge on any atom is -0.457 e. The number of benzene rings is 2. The quantitative estimate of drug-likeness (QED) is 0.830. The second kappa shape index (κ2) is 9.01. The molecule has 0 aliphatic carbocycles. The van der Waals surface area contributed by atoms with Gasteiger partial charge in [-0.15, -0.1) is 0 Å². The molecule has 138 valence electrons. The summed E-state index contributed by atoms with van der Waals surface area (Å²) in [6, 6.07) is 15.0. The Hall–Kier alpha value is -2.86. The Morgan fingerprint density at radius 3 is 1.96 bits per heavy atom. The van der Waals surface area contributed by atoms with Crippen LogP contribution in [0.4, 0.5) is 5.69 Å². The summed E-state index contributed by atoms with van der Waals surface area (Å²) < 4.78 is 5.76. The number of aryl methyl sites for hydroxylation is 1. The fraction of sp³-hybridized carbons (Fsp3) is 0.300. The third kappa shape index (κ3) is 6.22. The van der Waals surface area contributed by atoms with Gasteiger partial charge in [-0.2, -0.15) is 0 Å². The first-order chi connectivity index (χ1) is 12.3. The van der Waals surface area contributed by atoms with Crippen LogP contribution in [0.5, 0.6) is 11.5 Å². The normalized spacial score (nSPS) is 10.5. The molecule has 0 aromatic heterocycles. The average Bonchev–Trinajstić information content (AvgIpc) is 2.58. The second-order valence-corrected chi connectivity index (χ2v) is 6.45. The van der Waals surface area contributed by atoms with Gasteiger partial charge >= 0.3 is 0 Å². The van der Waals surface area contributed by atoms with Crippen LogP contribution in [0, 0.1) is 6.92 Å². The number of anilines is 1. The van der Waals surface area contributed by atoms with Crippen molar-refractivity contribution in [1.29, 1.82) is 0 Å². The summed E-state index contributed by atoms with van der Waals surface area (Å²) in [6.07, 6.45) is 0. The molecule has 6 nitrogen and oxygen atoms in total. The van der Waals surface area contributed by atoms with Crippen molar-refractivity contribution in [2.45, 2.75) is 6.92 Å². The zero-order valence-corrected chi connectivity index (χ0v) is 15.7. The van der Waals surface area contributed by atoms with E-state index in [2.05, 4.69) is 5.32 Å². The summed E-state index contributed by atoms with van der Waals surface area (Å²) in [4.78, 5) is 26.9. The Bertz CT molecular complexity index is 740. The molecular formula is C20H25N3O3. The zero-order valence-electron chi connectivity index (χ0n) is 15.7. The van der Waals surface area contributed by atoms with Crippen LogP contribution in [0.3, 0.4) is 0 Å². The lowest BCUT2D eigenvalue weighted by Gasteiger charge is -2.18. The predicted molar refractivity (Wildman–Crippen MR) is 103 cm³/mol. The molecule has 0 saturated carbocycles. The Morgan fingerprint density at radius 2 is 1.42 bits per heavy atom. The van der Waals surface area contributed by atoms with Crippen molar-refractivity contribution >= 4 is 17.5 Å². The monoisotopic (exact) mass is 355 g/mol. The van der Waals surface area contributed by atoms with Gasteiger partial charge in [0, 0.05) is 19.8 Å². The van der Waals surface area contributed by atoms with E-state index in [-0.39, 0.29) is 24.9 Å². The van der Waals surface area contributed by atoms with E-state index in [0.29, 0.717) is 11.4 Å². The fourth-order valence-electron chi connectivity index (χ4n) is 2.22. The summed E-state index contributed by atoms with van der Waals surface area (Å²) in [5.41, 5.74) is 1.85. The lowest BCUT2D eigenvalue weighted by atomic mass is 10.2. The van der Waals surface area contributed by atoms with Crippen LogP contribution in [-0.2, 0) is 9.59 Å². The molecule has 0 unspecified atom stereocenters. The van der Waals surface area contributed by atoms with Gasteiger partial charge in [0.2, 0.25) is 11.8 Å². The van der Waals surface area contributed by atoms with Crippen molar-refractivity contribution in [2.75, 3.05) is 39.5 Å². The van der Waals surface area contributed by atoms with Crippen molar-refractivity contribution in [3.8, 4) is 11.5 Å². The molecule has 2 amide bonds. The molecule has 2 rings (SSSR count). The van der Waals surface area contributed by atoms with E-state index in [1.165, 1.54) is 10.5 Å². The summed E-state index contributed by atoms with van der Waals surface area (Å²) in [5.74, 6) is 1.24. The first-order valence-corrected chi connectivity index (χ1v) is 8.36. The van der Waals surface area contributed by atoms with Gasteiger partial charge in [-0.1, -0.05) is 17.7 Å². The van der Waals surface area contributed by atoms with E-state index in [0.717, 1.165) is 5.75 Å². The number of nitrogens with one attached hydrogen (secondary N) is 1. The first kappa shape index (κ1) is 19.5. The maximum absolute atomic E-state index is 12.1. The van der Waals surface area contributed by atoms with E-state index < -0.39 is 0 Å². The second-order valence-electron chi connectivity index (χ2n) is 6.45. The minimum absolute atomic E-state index is 0.0436. The molecule has 0 spiro atoms. The molecule has 0 heterocycles. The van der Waals surface area contributed by atoms with Gasteiger partial charge in [-0.3, -0.25) is 14.5 Å². The first-order valence-electron chi connectivity index (χ1n) is 8.36. The molecule has 0 saturated heterocycles. The molecule has 2 aromatic carbocycles. The predicted octanol–water partition coefficient (Wildman–Crippen LogP) is 2.75. The molecule has 6 heteroatoms. The Kier molecular flexibility index (Phi) is 6.74. The topological polar surface area (TPSA) is 61.9 Å². The summed E-state index contributed by atoms with van der Waals surface area (Å²) in [6.45, 7) is 2.36. The van der Waals surface area contributed by atoms with Gasteiger partial charge in [-0.05, 0) is 50.4 Å². The summed E-state index contributed by atoms with van der Waals surface area (Å²) in [7, 11) is 5.12. The third-order valence-electron chi connectivity index (χ3n) is 3.71. The van der Waals surface area contributed by atoms with Crippen LogP contribution in [0.25, 0.3) is 0 Å². The summed E-state index contributed by atoms with van der Waals surface area (Å²) in [5, 5.41) is 2.81. The Labute approximate surface area is 154 Å². The molecule has 2 aromatic rings. The van der Waals surface area contributed by atoms with Crippen LogP contribution in [0.1, 0.15) is 5.56 Å². The largest absolute Gasteiger partial charge is 0.457 e. The Balaban J connectivity index is 1.85. The van der Waals surface area contributed by atoms with Gasteiger partial charge < -0.3 is 15.0 Å². The molecular weight excluding hydrogens is 330 g/mol. The van der Waals surface area contributed by atoms with E-state index in [4.69, 9.17) is 4.74 Å². The fourth-order valence-corrected chi connectivity index (χ4v) is 2.22. The van der Waals surface area contributed by atoms with Crippen LogP contribution in [-0.4, -0.2) is 55.8 Å². The molecule has 0 aliphatic heterocycles. The van der Waals surface area contributed by atoms with Gasteiger partial charge in [0.15, 0.2) is 0 Å². The number of likely N-dealkylation sites (N-methyl/N-ethyl adjacent to an activating group) is 2. The molecule has 0 bridgehead atoms. The van der Waals surface area contributed by atoms with E-state index in [9.17, 15) is 9.59 Å². The number of hydrogen-bond acceptors (Lipinski definition) is 4. The summed E-state index contributed by atoms with van der Waals surface area (Å²) >= 11 is 0. The number of rotatable bonds is 7. The Morgan fingerprint density at radius 1 is 0.885 bits per heavy atom. The molecule has 0 fully saturated rings. The lowest BCUT2D eigenvalue weighted by molar-refractivity contribution is -0.130. The van der Waals surface area contributed by atoms with Crippen LogP contribution in [0.2, 0.25) is 0 Å². The molecule has 0 radical (unpaired) electrons. The number of carbonyl (C=O) groups is 2. The molecule has 1 N–H and O–H groups in total. The lowest BCUT2D eigenvalue weighted by Crippen LogP contribution is -2.38. The molecule has 0 aliphatic rings. The number of amides is 2. The van der Waals surface area contributed by atoms with Crippen LogP contribution < -0.4 is 10.1 Å². The number of carbonyl (C=O) groups excluding carboxylic acids is 2. The van der Waals surface area contributed by atoms with Crippen LogP contribution in [0.15, 0.2) is 48.5 Å². The highest BCUT2D eigenvalue weighted by Gasteiger charge is 2.12. The van der Waals surface area contributed by atoms with Gasteiger partial charge in [0.25, 0.3) is 0 Å². The van der Waals surface area contributed by atoms with Crippen molar-refractivity contribution in [3.63, 3.8) is 0 Å². The standard InChI is InChI=1S/C20H25N3O3/c1-15-5-9-17(10-6-15)26-18-11-7-16(8-12-18)21-19(24)13-23(4)14-20(25)22(2)3/h5-12H,13-14H2,1-4H3,(H,21,24). The number of nitrogens with zero attached hydrogens (tertiary/aromatic N) is 2. The highest BCUT2D eigenvalue weighted by atomic mass is 16.5. The van der Waals surface area contributed by atoms with Crippen molar-refractivity contribution in [3.05, 3.63) is 54.1 Å². The smallest absolute Gasteiger partial charge is 0.238 e. The highest BCUT2D eigenvalue weighted by Crippen LogP contribution is 2.23. The average molecular weight is 355 g/mol. The SMILES string of the molecule is Cc1ccc(Oc2ccc(NC(=O)CN(C)CC(=O)N(C)C)cc2)cc1. The zero-order chi connectivity index (χ0) is 19.1. The van der Waals surface area contributed by atoms with Crippen molar-refractivity contribution in [2.24, 2.45) is 0 Å². The van der Waals surface area contributed by atoms with Gasteiger partial charge in [0.1, 0.15) is 11.5 Å².